The van der Waals surface area contributed by atoms with Gasteiger partial charge in [0, 0.05) is 18.2 Å². The van der Waals surface area contributed by atoms with Crippen molar-refractivity contribution in [3.8, 4) is 0 Å². The summed E-state index contributed by atoms with van der Waals surface area (Å²) in [7, 11) is 0. The van der Waals surface area contributed by atoms with Crippen LogP contribution in [0.3, 0.4) is 0 Å². The largest absolute Gasteiger partial charge is 0.376 e. The zero-order valence-corrected chi connectivity index (χ0v) is 14.3. The minimum Gasteiger partial charge on any atom is -0.376 e. The molecule has 1 heterocycles. The molecule has 1 aromatic carbocycles. The highest BCUT2D eigenvalue weighted by molar-refractivity contribution is 7.80. The van der Waals surface area contributed by atoms with E-state index in [-0.39, 0.29) is 6.10 Å². The van der Waals surface area contributed by atoms with E-state index in [4.69, 9.17) is 28.6 Å². The van der Waals surface area contributed by atoms with Crippen LogP contribution in [0, 0.1) is 0 Å². The van der Waals surface area contributed by atoms with Crippen molar-refractivity contribution >= 4 is 34.6 Å². The van der Waals surface area contributed by atoms with Gasteiger partial charge in [-0.25, -0.2) is 0 Å². The van der Waals surface area contributed by atoms with Gasteiger partial charge in [-0.3, -0.25) is 5.43 Å². The number of hydrogen-bond donors (Lipinski definition) is 2. The molecular formula is C16H22ClN3OS. The molecule has 0 bridgehead atoms. The van der Waals surface area contributed by atoms with E-state index in [0.717, 1.165) is 55.1 Å². The molecule has 0 spiro atoms. The maximum Gasteiger partial charge on any atom is 0.187 e. The second kappa shape index (κ2) is 9.08. The highest BCUT2D eigenvalue weighted by atomic mass is 35.5. The molecule has 0 radical (unpaired) electrons. The molecule has 1 fully saturated rings. The van der Waals surface area contributed by atoms with Crippen molar-refractivity contribution in [1.82, 2.24) is 10.7 Å². The summed E-state index contributed by atoms with van der Waals surface area (Å²) in [4.78, 5) is 0. The molecule has 0 aliphatic carbocycles. The van der Waals surface area contributed by atoms with E-state index in [1.807, 2.05) is 24.3 Å². The van der Waals surface area contributed by atoms with Gasteiger partial charge in [-0.05, 0) is 49.2 Å². The lowest BCUT2D eigenvalue weighted by Crippen LogP contribution is -2.37. The first-order valence-electron chi connectivity index (χ1n) is 7.67. The number of rotatable bonds is 6. The van der Waals surface area contributed by atoms with Gasteiger partial charge in [0.25, 0.3) is 0 Å². The maximum absolute atomic E-state index is 5.93. The molecule has 1 saturated heterocycles. The number of hydrazone groups is 1. The summed E-state index contributed by atoms with van der Waals surface area (Å²) in [6.45, 7) is 3.70. The number of nitrogens with one attached hydrogen (secondary N) is 2. The van der Waals surface area contributed by atoms with Crippen molar-refractivity contribution in [2.75, 3.05) is 13.2 Å². The normalized spacial score (nSPS) is 18.3. The predicted octanol–water partition coefficient (Wildman–Crippen LogP) is 3.49. The molecule has 2 rings (SSSR count). The fraction of sp³-hybridized carbons (Fsp3) is 0.500. The standard InChI is InChI=1S/C16H22ClN3OS/c1-2-4-15(12-6-8-13(17)9-7-12)19-20-16(22)18-11-14-5-3-10-21-14/h6-9,14H,2-5,10-11H2,1H3,(H2,18,20,22)/b19-15-/t14-/m1/s1. The first-order chi connectivity index (χ1) is 10.7. The van der Waals surface area contributed by atoms with Crippen molar-refractivity contribution < 1.29 is 4.74 Å². The molecule has 1 aromatic rings. The van der Waals surface area contributed by atoms with E-state index in [0.29, 0.717) is 5.11 Å². The molecule has 4 nitrogen and oxygen atoms in total. The Morgan fingerprint density at radius 2 is 2.18 bits per heavy atom. The third-order valence-electron chi connectivity index (χ3n) is 3.47. The summed E-state index contributed by atoms with van der Waals surface area (Å²) in [5.74, 6) is 0. The number of nitrogens with zero attached hydrogens (tertiary/aromatic N) is 1. The fourth-order valence-electron chi connectivity index (χ4n) is 2.31. The quantitative estimate of drug-likeness (QED) is 0.473. The Morgan fingerprint density at radius 1 is 1.41 bits per heavy atom. The van der Waals surface area contributed by atoms with Crippen LogP contribution in [-0.2, 0) is 4.74 Å². The van der Waals surface area contributed by atoms with Gasteiger partial charge in [0.2, 0.25) is 0 Å². The predicted molar refractivity (Wildman–Crippen MR) is 95.6 cm³/mol. The molecule has 6 heteroatoms. The SMILES string of the molecule is CCC/C(=N/NC(=S)NC[C@H]1CCCO1)c1ccc(Cl)cc1. The van der Waals surface area contributed by atoms with Crippen molar-refractivity contribution in [2.24, 2.45) is 5.10 Å². The maximum atomic E-state index is 5.93. The number of hydrogen-bond acceptors (Lipinski definition) is 3. The third kappa shape index (κ3) is 5.55. The molecule has 0 aromatic heterocycles. The second-order valence-corrected chi connectivity index (χ2v) is 6.12. The summed E-state index contributed by atoms with van der Waals surface area (Å²) in [5, 5.41) is 8.84. The molecule has 2 N–H and O–H groups in total. The average molecular weight is 340 g/mol. The van der Waals surface area contributed by atoms with E-state index in [9.17, 15) is 0 Å². The molecule has 1 atom stereocenters. The van der Waals surface area contributed by atoms with Gasteiger partial charge in [0.15, 0.2) is 5.11 Å². The van der Waals surface area contributed by atoms with Gasteiger partial charge < -0.3 is 10.1 Å². The first kappa shape index (κ1) is 17.2. The molecule has 0 unspecified atom stereocenters. The smallest absolute Gasteiger partial charge is 0.187 e. The zero-order chi connectivity index (χ0) is 15.8. The summed E-state index contributed by atoms with van der Waals surface area (Å²) in [6, 6.07) is 7.69. The highest BCUT2D eigenvalue weighted by Crippen LogP contribution is 2.12. The minimum absolute atomic E-state index is 0.259. The summed E-state index contributed by atoms with van der Waals surface area (Å²) in [6.07, 6.45) is 4.37. The number of halogens is 1. The number of benzene rings is 1. The van der Waals surface area contributed by atoms with Crippen molar-refractivity contribution in [2.45, 2.75) is 38.7 Å². The van der Waals surface area contributed by atoms with Crippen LogP contribution < -0.4 is 10.7 Å². The van der Waals surface area contributed by atoms with E-state index in [1.165, 1.54) is 0 Å². The number of thiocarbonyl (C=S) groups is 1. The fourth-order valence-corrected chi connectivity index (χ4v) is 2.57. The monoisotopic (exact) mass is 339 g/mol. The molecule has 1 aliphatic rings. The number of ether oxygens (including phenoxy) is 1. The molecule has 1 aliphatic heterocycles. The van der Waals surface area contributed by atoms with E-state index >= 15 is 0 Å². The Labute approximate surface area is 142 Å². The average Bonchev–Trinajstić information content (AvgIpc) is 3.04. The Kier molecular flexibility index (Phi) is 7.09. The topological polar surface area (TPSA) is 45.7 Å². The van der Waals surface area contributed by atoms with E-state index in [1.54, 1.807) is 0 Å². The zero-order valence-electron chi connectivity index (χ0n) is 12.8. The highest BCUT2D eigenvalue weighted by Gasteiger charge is 2.15. The van der Waals surface area contributed by atoms with Crippen LogP contribution in [-0.4, -0.2) is 30.1 Å². The van der Waals surface area contributed by atoms with E-state index < -0.39 is 0 Å². The third-order valence-corrected chi connectivity index (χ3v) is 3.96. The van der Waals surface area contributed by atoms with Crippen LogP contribution in [0.2, 0.25) is 5.02 Å². The lowest BCUT2D eigenvalue weighted by molar-refractivity contribution is 0.114. The van der Waals surface area contributed by atoms with Gasteiger partial charge in [0.1, 0.15) is 0 Å². The summed E-state index contributed by atoms with van der Waals surface area (Å²) in [5.41, 5.74) is 4.95. The summed E-state index contributed by atoms with van der Waals surface area (Å²) >= 11 is 11.2. The van der Waals surface area contributed by atoms with Gasteiger partial charge >= 0.3 is 0 Å². The lowest BCUT2D eigenvalue weighted by atomic mass is 10.1. The molecule has 120 valence electrons. The first-order valence-corrected chi connectivity index (χ1v) is 8.45. The van der Waals surface area contributed by atoms with Gasteiger partial charge in [0.05, 0.1) is 11.8 Å². The van der Waals surface area contributed by atoms with Crippen LogP contribution in [0.1, 0.15) is 38.2 Å². The van der Waals surface area contributed by atoms with Gasteiger partial charge in [-0.2, -0.15) is 5.10 Å². The lowest BCUT2D eigenvalue weighted by Gasteiger charge is -2.13. The van der Waals surface area contributed by atoms with Crippen LogP contribution in [0.5, 0.6) is 0 Å². The Morgan fingerprint density at radius 3 is 2.82 bits per heavy atom. The van der Waals surface area contributed by atoms with Crippen LogP contribution in [0.25, 0.3) is 0 Å². The molecule has 0 amide bonds. The van der Waals surface area contributed by atoms with Gasteiger partial charge in [-0.1, -0.05) is 37.1 Å². The molecule has 0 saturated carbocycles. The van der Waals surface area contributed by atoms with E-state index in [2.05, 4.69) is 22.8 Å². The van der Waals surface area contributed by atoms with Crippen LogP contribution in [0.4, 0.5) is 0 Å². The second-order valence-electron chi connectivity index (χ2n) is 5.27. The summed E-state index contributed by atoms with van der Waals surface area (Å²) < 4.78 is 5.55. The van der Waals surface area contributed by atoms with Crippen molar-refractivity contribution in [3.63, 3.8) is 0 Å². The molecule has 22 heavy (non-hydrogen) atoms. The molecular weight excluding hydrogens is 318 g/mol. The van der Waals surface area contributed by atoms with Crippen molar-refractivity contribution in [3.05, 3.63) is 34.9 Å². The minimum atomic E-state index is 0.259. The Bertz CT molecular complexity index is 513. The Balaban J connectivity index is 1.88. The van der Waals surface area contributed by atoms with Gasteiger partial charge in [-0.15, -0.1) is 0 Å². The van der Waals surface area contributed by atoms with Crippen molar-refractivity contribution in [1.29, 1.82) is 0 Å². The van der Waals surface area contributed by atoms with Crippen LogP contribution in [0.15, 0.2) is 29.4 Å². The Hall–Kier alpha value is -1.17. The van der Waals surface area contributed by atoms with Crippen LogP contribution >= 0.6 is 23.8 Å².